The standard InChI is InChI=1S/C18H21NO2/c1-13(12-19(2)3)18(14-7-9-16(20)10-8-14)15-5-4-6-17(21)11-15/h4-11,20-21H,12H2,1-3H3/b18-13-. The summed E-state index contributed by atoms with van der Waals surface area (Å²) < 4.78 is 0. The van der Waals surface area contributed by atoms with Gasteiger partial charge in [-0.25, -0.2) is 0 Å². The molecule has 2 rings (SSSR count). The molecule has 0 spiro atoms. The van der Waals surface area contributed by atoms with E-state index in [1.54, 1.807) is 24.3 Å². The minimum atomic E-state index is 0.249. The Bertz CT molecular complexity index is 643. The number of phenolic OH excluding ortho intramolecular Hbond substituents is 2. The van der Waals surface area contributed by atoms with Crippen molar-refractivity contribution in [2.24, 2.45) is 0 Å². The predicted octanol–water partition coefficient (Wildman–Crippen LogP) is 3.48. The molecule has 0 bridgehead atoms. The number of aromatic hydroxyl groups is 2. The van der Waals surface area contributed by atoms with Crippen LogP contribution in [0.2, 0.25) is 0 Å². The van der Waals surface area contributed by atoms with Crippen LogP contribution >= 0.6 is 0 Å². The molecule has 0 amide bonds. The topological polar surface area (TPSA) is 43.7 Å². The molecule has 0 aliphatic carbocycles. The maximum Gasteiger partial charge on any atom is 0.116 e. The van der Waals surface area contributed by atoms with Gasteiger partial charge in [-0.05, 0) is 62.0 Å². The lowest BCUT2D eigenvalue weighted by Gasteiger charge is -2.17. The number of phenols is 2. The van der Waals surface area contributed by atoms with Crippen molar-refractivity contribution in [2.75, 3.05) is 20.6 Å². The highest BCUT2D eigenvalue weighted by molar-refractivity contribution is 5.82. The molecule has 0 radical (unpaired) electrons. The van der Waals surface area contributed by atoms with Crippen LogP contribution < -0.4 is 0 Å². The van der Waals surface area contributed by atoms with Crippen LogP contribution in [0.4, 0.5) is 0 Å². The third-order valence-corrected chi connectivity index (χ3v) is 3.27. The number of benzene rings is 2. The zero-order valence-electron chi connectivity index (χ0n) is 12.7. The average molecular weight is 283 g/mol. The quantitative estimate of drug-likeness (QED) is 0.903. The lowest BCUT2D eigenvalue weighted by atomic mass is 9.93. The Balaban J connectivity index is 2.56. The molecular weight excluding hydrogens is 262 g/mol. The molecule has 0 aromatic heterocycles. The fraction of sp³-hybridized carbons (Fsp3) is 0.222. The van der Waals surface area contributed by atoms with E-state index in [1.165, 1.54) is 5.57 Å². The Kier molecular flexibility index (Phi) is 4.66. The van der Waals surface area contributed by atoms with Gasteiger partial charge in [0.15, 0.2) is 0 Å². The van der Waals surface area contributed by atoms with E-state index in [0.717, 1.165) is 23.2 Å². The number of hydrogen-bond acceptors (Lipinski definition) is 3. The molecule has 2 N–H and O–H groups in total. The van der Waals surface area contributed by atoms with Crippen LogP contribution in [0.1, 0.15) is 18.1 Å². The second kappa shape index (κ2) is 6.46. The van der Waals surface area contributed by atoms with Crippen LogP contribution in [0.15, 0.2) is 54.1 Å². The van der Waals surface area contributed by atoms with Gasteiger partial charge in [-0.3, -0.25) is 0 Å². The van der Waals surface area contributed by atoms with Gasteiger partial charge < -0.3 is 15.1 Å². The molecule has 0 fully saturated rings. The fourth-order valence-corrected chi connectivity index (χ4v) is 2.50. The first-order chi connectivity index (χ1) is 9.97. The monoisotopic (exact) mass is 283 g/mol. The van der Waals surface area contributed by atoms with Crippen LogP contribution in [0.3, 0.4) is 0 Å². The first-order valence-electron chi connectivity index (χ1n) is 6.90. The molecule has 0 saturated carbocycles. The highest BCUT2D eigenvalue weighted by Crippen LogP contribution is 2.30. The summed E-state index contributed by atoms with van der Waals surface area (Å²) in [5.41, 5.74) is 4.29. The van der Waals surface area contributed by atoms with Crippen molar-refractivity contribution in [3.63, 3.8) is 0 Å². The fourth-order valence-electron chi connectivity index (χ4n) is 2.50. The van der Waals surface area contributed by atoms with Crippen molar-refractivity contribution in [1.82, 2.24) is 4.90 Å². The molecule has 21 heavy (non-hydrogen) atoms. The average Bonchev–Trinajstić information content (AvgIpc) is 2.40. The molecule has 0 unspecified atom stereocenters. The molecule has 0 atom stereocenters. The molecule has 3 nitrogen and oxygen atoms in total. The summed E-state index contributed by atoms with van der Waals surface area (Å²) in [5, 5.41) is 19.2. The molecule has 3 heteroatoms. The number of rotatable bonds is 4. The zero-order chi connectivity index (χ0) is 15.4. The van der Waals surface area contributed by atoms with Crippen molar-refractivity contribution in [1.29, 1.82) is 0 Å². The van der Waals surface area contributed by atoms with Gasteiger partial charge in [0.25, 0.3) is 0 Å². The highest BCUT2D eigenvalue weighted by Gasteiger charge is 2.10. The van der Waals surface area contributed by atoms with Crippen molar-refractivity contribution < 1.29 is 10.2 Å². The lowest BCUT2D eigenvalue weighted by molar-refractivity contribution is 0.446. The third-order valence-electron chi connectivity index (χ3n) is 3.27. The molecule has 0 aliphatic rings. The van der Waals surface area contributed by atoms with Gasteiger partial charge in [-0.15, -0.1) is 0 Å². The summed E-state index contributed by atoms with van der Waals surface area (Å²) in [6.07, 6.45) is 0. The second-order valence-electron chi connectivity index (χ2n) is 5.49. The maximum atomic E-state index is 9.74. The second-order valence-corrected chi connectivity index (χ2v) is 5.49. The van der Waals surface area contributed by atoms with Crippen molar-refractivity contribution in [3.8, 4) is 11.5 Å². The minimum absolute atomic E-state index is 0.249. The van der Waals surface area contributed by atoms with E-state index < -0.39 is 0 Å². The van der Waals surface area contributed by atoms with Crippen LogP contribution in [0.25, 0.3) is 5.57 Å². The van der Waals surface area contributed by atoms with Gasteiger partial charge in [-0.1, -0.05) is 29.8 Å². The van der Waals surface area contributed by atoms with Gasteiger partial charge in [0.05, 0.1) is 0 Å². The summed E-state index contributed by atoms with van der Waals surface area (Å²) in [5.74, 6) is 0.501. The molecule has 0 heterocycles. The number of hydrogen-bond donors (Lipinski definition) is 2. The Morgan fingerprint density at radius 1 is 0.905 bits per heavy atom. The lowest BCUT2D eigenvalue weighted by Crippen LogP contribution is -2.15. The Morgan fingerprint density at radius 2 is 1.57 bits per heavy atom. The normalized spacial score (nSPS) is 12.4. The van der Waals surface area contributed by atoms with Gasteiger partial charge >= 0.3 is 0 Å². The minimum Gasteiger partial charge on any atom is -0.508 e. The van der Waals surface area contributed by atoms with Gasteiger partial charge in [0, 0.05) is 6.54 Å². The van der Waals surface area contributed by atoms with E-state index in [-0.39, 0.29) is 11.5 Å². The molecule has 2 aromatic rings. The summed E-state index contributed by atoms with van der Waals surface area (Å²) in [6, 6.07) is 14.4. The summed E-state index contributed by atoms with van der Waals surface area (Å²) in [4.78, 5) is 2.11. The first kappa shape index (κ1) is 15.1. The first-order valence-corrected chi connectivity index (χ1v) is 6.90. The van der Waals surface area contributed by atoms with Crippen LogP contribution in [-0.2, 0) is 0 Å². The van der Waals surface area contributed by atoms with Crippen molar-refractivity contribution in [3.05, 3.63) is 65.2 Å². The number of likely N-dealkylation sites (N-methyl/N-ethyl adjacent to an activating group) is 1. The summed E-state index contributed by atoms with van der Waals surface area (Å²) in [7, 11) is 4.06. The molecule has 0 aliphatic heterocycles. The van der Waals surface area contributed by atoms with Crippen molar-refractivity contribution >= 4 is 5.57 Å². The van der Waals surface area contributed by atoms with E-state index in [2.05, 4.69) is 11.8 Å². The van der Waals surface area contributed by atoms with Crippen LogP contribution in [0.5, 0.6) is 11.5 Å². The van der Waals surface area contributed by atoms with E-state index in [0.29, 0.717) is 0 Å². The largest absolute Gasteiger partial charge is 0.508 e. The van der Waals surface area contributed by atoms with Gasteiger partial charge in [-0.2, -0.15) is 0 Å². The molecule has 2 aromatic carbocycles. The van der Waals surface area contributed by atoms with E-state index >= 15 is 0 Å². The van der Waals surface area contributed by atoms with Gasteiger partial charge in [0.2, 0.25) is 0 Å². The van der Waals surface area contributed by atoms with Crippen molar-refractivity contribution in [2.45, 2.75) is 6.92 Å². The smallest absolute Gasteiger partial charge is 0.116 e. The SMILES string of the molecule is C/C(CN(C)C)=C(\c1ccc(O)cc1)c1cccc(O)c1. The molecule has 110 valence electrons. The Morgan fingerprint density at radius 3 is 2.14 bits per heavy atom. The maximum absolute atomic E-state index is 9.74. The predicted molar refractivity (Wildman–Crippen MR) is 86.5 cm³/mol. The van der Waals surface area contributed by atoms with Crippen LogP contribution in [-0.4, -0.2) is 35.8 Å². The van der Waals surface area contributed by atoms with E-state index in [4.69, 9.17) is 0 Å². The summed E-state index contributed by atoms with van der Waals surface area (Å²) >= 11 is 0. The Hall–Kier alpha value is -2.26. The molecule has 0 saturated heterocycles. The Labute approximate surface area is 125 Å². The van der Waals surface area contributed by atoms with E-state index in [1.807, 2.05) is 38.4 Å². The molecular formula is C18H21NO2. The van der Waals surface area contributed by atoms with E-state index in [9.17, 15) is 10.2 Å². The summed E-state index contributed by atoms with van der Waals surface area (Å²) in [6.45, 7) is 2.91. The third kappa shape index (κ3) is 3.86. The zero-order valence-corrected chi connectivity index (χ0v) is 12.7. The highest BCUT2D eigenvalue weighted by atomic mass is 16.3. The number of nitrogens with zero attached hydrogens (tertiary/aromatic N) is 1. The van der Waals surface area contributed by atoms with Crippen LogP contribution in [0, 0.1) is 0 Å². The van der Waals surface area contributed by atoms with Gasteiger partial charge in [0.1, 0.15) is 11.5 Å².